The van der Waals surface area contributed by atoms with Crippen LogP contribution in [0.3, 0.4) is 0 Å². The fourth-order valence-corrected chi connectivity index (χ4v) is 3.25. The third-order valence-electron chi connectivity index (χ3n) is 5.16. The monoisotopic (exact) mass is 520 g/mol. The molecule has 2 aromatic carbocycles. The van der Waals surface area contributed by atoms with Gasteiger partial charge in [0.05, 0.1) is 26.4 Å². The first-order valence-corrected chi connectivity index (χ1v) is 12.5. The van der Waals surface area contributed by atoms with E-state index in [1.54, 1.807) is 24.3 Å². The second-order valence-corrected chi connectivity index (χ2v) is 8.29. The van der Waals surface area contributed by atoms with Crippen LogP contribution in [-0.4, -0.2) is 66.9 Å². The number of carbonyl (C=O) groups excluding carboxylic acids is 1. The molecule has 0 aliphatic carbocycles. The number of amides is 1. The van der Waals surface area contributed by atoms with Crippen molar-refractivity contribution in [1.29, 1.82) is 0 Å². The maximum absolute atomic E-state index is 12.6. The second-order valence-electron chi connectivity index (χ2n) is 8.29. The lowest BCUT2D eigenvalue weighted by molar-refractivity contribution is 0.0511. The Morgan fingerprint density at radius 3 is 2.39 bits per heavy atom. The van der Waals surface area contributed by atoms with E-state index in [2.05, 4.69) is 74.0 Å². The highest BCUT2D eigenvalue weighted by molar-refractivity contribution is 5.95. The molecule has 1 heterocycles. The number of hydrogen-bond acceptors (Lipinski definition) is 10. The smallest absolute Gasteiger partial charge is 0.251 e. The zero-order valence-corrected chi connectivity index (χ0v) is 21.7. The van der Waals surface area contributed by atoms with E-state index in [9.17, 15) is 4.79 Å². The van der Waals surface area contributed by atoms with Crippen molar-refractivity contribution < 1.29 is 14.3 Å². The fourth-order valence-electron chi connectivity index (χ4n) is 3.25. The van der Waals surface area contributed by atoms with Gasteiger partial charge in [-0.3, -0.25) is 4.79 Å². The Morgan fingerprint density at radius 1 is 0.947 bits per heavy atom. The summed E-state index contributed by atoms with van der Waals surface area (Å²) in [6.45, 7) is 9.52. The van der Waals surface area contributed by atoms with Crippen LogP contribution < -0.4 is 27.0 Å². The lowest BCUT2D eigenvalue weighted by Crippen LogP contribution is -2.27. The molecule has 38 heavy (non-hydrogen) atoms. The molecule has 0 atom stereocenters. The summed E-state index contributed by atoms with van der Waals surface area (Å²) in [6, 6.07) is 15.3. The van der Waals surface area contributed by atoms with E-state index in [-0.39, 0.29) is 5.91 Å². The standard InChI is InChI=1S/C27H36N8O3/c1-3-12-30-25-33-26(31-19-21-9-7-20(2)8-10-21)35-27(34-25)32-23-6-4-5-22(18-23)24(36)29-13-15-38-17-16-37-14-11-28/h3-10,18H,1,11-17,19,28H2,2H3,(H,29,36)(H3,30,31,32,33,34,35). The molecule has 0 radical (unpaired) electrons. The van der Waals surface area contributed by atoms with Crippen molar-refractivity contribution in [1.82, 2.24) is 20.3 Å². The van der Waals surface area contributed by atoms with Crippen molar-refractivity contribution in [3.8, 4) is 0 Å². The van der Waals surface area contributed by atoms with Gasteiger partial charge in [-0.05, 0) is 30.7 Å². The van der Waals surface area contributed by atoms with E-state index in [1.807, 2.05) is 6.07 Å². The molecule has 11 nitrogen and oxygen atoms in total. The van der Waals surface area contributed by atoms with Crippen LogP contribution in [0.25, 0.3) is 0 Å². The molecular weight excluding hydrogens is 484 g/mol. The van der Waals surface area contributed by atoms with Crippen molar-refractivity contribution in [2.24, 2.45) is 5.73 Å². The number of ether oxygens (including phenoxy) is 2. The van der Waals surface area contributed by atoms with Gasteiger partial charge in [0, 0.05) is 37.4 Å². The summed E-state index contributed by atoms with van der Waals surface area (Å²) in [7, 11) is 0. The molecule has 3 aromatic rings. The quantitative estimate of drug-likeness (QED) is 0.133. The van der Waals surface area contributed by atoms with Crippen LogP contribution in [0.15, 0.2) is 61.2 Å². The number of benzene rings is 2. The molecule has 0 aliphatic heterocycles. The molecule has 1 amide bonds. The number of hydrogen-bond donors (Lipinski definition) is 5. The molecule has 0 fully saturated rings. The summed E-state index contributed by atoms with van der Waals surface area (Å²) in [5.74, 6) is 0.940. The van der Waals surface area contributed by atoms with Crippen molar-refractivity contribution in [3.05, 3.63) is 77.9 Å². The first-order chi connectivity index (χ1) is 18.6. The summed E-state index contributed by atoms with van der Waals surface area (Å²) >= 11 is 0. The van der Waals surface area contributed by atoms with Gasteiger partial charge >= 0.3 is 0 Å². The number of rotatable bonds is 17. The topological polar surface area (TPSA) is 148 Å². The van der Waals surface area contributed by atoms with Crippen molar-refractivity contribution in [3.63, 3.8) is 0 Å². The van der Waals surface area contributed by atoms with Gasteiger partial charge in [-0.2, -0.15) is 15.0 Å². The van der Waals surface area contributed by atoms with Crippen LogP contribution in [-0.2, 0) is 16.0 Å². The number of carbonyl (C=O) groups is 1. The molecule has 0 bridgehead atoms. The highest BCUT2D eigenvalue weighted by Crippen LogP contribution is 2.18. The van der Waals surface area contributed by atoms with E-state index in [0.29, 0.717) is 81.7 Å². The van der Waals surface area contributed by atoms with Crippen molar-refractivity contribution >= 4 is 29.4 Å². The SMILES string of the molecule is C=CCNc1nc(NCc2ccc(C)cc2)nc(Nc2cccc(C(=O)NCCOCCOCCN)c2)n1. The van der Waals surface area contributed by atoms with Crippen molar-refractivity contribution in [2.75, 3.05) is 62.0 Å². The second kappa shape index (κ2) is 15.9. The number of aryl methyl sites for hydroxylation is 1. The average Bonchev–Trinajstić information content (AvgIpc) is 2.93. The minimum absolute atomic E-state index is 0.207. The van der Waals surface area contributed by atoms with Crippen molar-refractivity contribution in [2.45, 2.75) is 13.5 Å². The van der Waals surface area contributed by atoms with Gasteiger partial charge in [0.25, 0.3) is 5.91 Å². The molecular formula is C27H36N8O3. The predicted octanol–water partition coefficient (Wildman–Crippen LogP) is 2.86. The Balaban J connectivity index is 1.59. The van der Waals surface area contributed by atoms with Gasteiger partial charge in [0.1, 0.15) is 0 Å². The number of nitrogens with one attached hydrogen (secondary N) is 4. The fraction of sp³-hybridized carbons (Fsp3) is 0.333. The van der Waals surface area contributed by atoms with E-state index in [4.69, 9.17) is 15.2 Å². The summed E-state index contributed by atoms with van der Waals surface area (Å²) in [6.07, 6.45) is 1.72. The van der Waals surface area contributed by atoms with E-state index in [1.165, 1.54) is 5.56 Å². The Kier molecular flexibility index (Phi) is 11.9. The first kappa shape index (κ1) is 28.5. The highest BCUT2D eigenvalue weighted by Gasteiger charge is 2.10. The maximum Gasteiger partial charge on any atom is 0.251 e. The number of anilines is 4. The maximum atomic E-state index is 12.6. The van der Waals surface area contributed by atoms with E-state index in [0.717, 1.165) is 5.56 Å². The van der Waals surface area contributed by atoms with Crippen LogP contribution >= 0.6 is 0 Å². The van der Waals surface area contributed by atoms with Gasteiger partial charge in [0.15, 0.2) is 0 Å². The Labute approximate surface area is 223 Å². The molecule has 11 heteroatoms. The number of aromatic nitrogens is 3. The average molecular weight is 521 g/mol. The van der Waals surface area contributed by atoms with Gasteiger partial charge in [-0.15, -0.1) is 6.58 Å². The van der Waals surface area contributed by atoms with Gasteiger partial charge < -0.3 is 36.5 Å². The molecule has 0 aliphatic rings. The van der Waals surface area contributed by atoms with Crippen LogP contribution in [0.5, 0.6) is 0 Å². The summed E-state index contributed by atoms with van der Waals surface area (Å²) in [5, 5.41) is 12.4. The summed E-state index contributed by atoms with van der Waals surface area (Å²) in [4.78, 5) is 26.0. The molecule has 202 valence electrons. The Hall–Kier alpha value is -4.06. The molecule has 3 rings (SSSR count). The number of nitrogens with zero attached hydrogens (tertiary/aromatic N) is 3. The predicted molar refractivity (Wildman–Crippen MR) is 150 cm³/mol. The normalized spacial score (nSPS) is 10.6. The first-order valence-electron chi connectivity index (χ1n) is 12.5. The van der Waals surface area contributed by atoms with Gasteiger partial charge in [-0.25, -0.2) is 0 Å². The molecule has 0 saturated heterocycles. The Bertz CT molecular complexity index is 1160. The third kappa shape index (κ3) is 10.1. The molecule has 6 N–H and O–H groups in total. The molecule has 0 saturated carbocycles. The highest BCUT2D eigenvalue weighted by atomic mass is 16.5. The molecule has 0 unspecified atom stereocenters. The Morgan fingerprint density at radius 2 is 1.66 bits per heavy atom. The minimum atomic E-state index is -0.207. The largest absolute Gasteiger partial charge is 0.378 e. The van der Waals surface area contributed by atoms with Gasteiger partial charge in [0.2, 0.25) is 17.8 Å². The summed E-state index contributed by atoms with van der Waals surface area (Å²) in [5.41, 5.74) is 8.83. The lowest BCUT2D eigenvalue weighted by atomic mass is 10.1. The lowest BCUT2D eigenvalue weighted by Gasteiger charge is -2.12. The zero-order chi connectivity index (χ0) is 27.0. The van der Waals surface area contributed by atoms with Crippen LogP contribution in [0, 0.1) is 6.92 Å². The van der Waals surface area contributed by atoms with Gasteiger partial charge in [-0.1, -0.05) is 42.0 Å². The van der Waals surface area contributed by atoms with Crippen LogP contribution in [0.2, 0.25) is 0 Å². The van der Waals surface area contributed by atoms with Crippen LogP contribution in [0.4, 0.5) is 23.5 Å². The summed E-state index contributed by atoms with van der Waals surface area (Å²) < 4.78 is 10.7. The number of nitrogens with two attached hydrogens (primary N) is 1. The molecule has 0 spiro atoms. The molecule has 1 aromatic heterocycles. The zero-order valence-electron chi connectivity index (χ0n) is 21.7. The van der Waals surface area contributed by atoms with E-state index < -0.39 is 0 Å². The van der Waals surface area contributed by atoms with E-state index >= 15 is 0 Å². The third-order valence-corrected chi connectivity index (χ3v) is 5.16. The minimum Gasteiger partial charge on any atom is -0.378 e. The van der Waals surface area contributed by atoms with Crippen LogP contribution in [0.1, 0.15) is 21.5 Å².